The van der Waals surface area contributed by atoms with Crippen LogP contribution in [0, 0.1) is 6.92 Å². The minimum Gasteiger partial charge on any atom is -0.497 e. The molecule has 37 heavy (non-hydrogen) atoms. The zero-order valence-corrected chi connectivity index (χ0v) is 21.5. The number of carbonyl (C=O) groups excluding carboxylic acids is 4. The Balaban J connectivity index is 1.49. The highest BCUT2D eigenvalue weighted by atomic mass is 35.5. The molecule has 3 amide bonds. The summed E-state index contributed by atoms with van der Waals surface area (Å²) in [5.74, 6) is -1.74. The number of carbonyl (C=O) groups is 4. The Morgan fingerprint density at radius 2 is 1.84 bits per heavy atom. The number of ether oxygens (including phenoxy) is 2. The highest BCUT2D eigenvalue weighted by molar-refractivity contribution is 7.17. The second kappa shape index (κ2) is 10.8. The molecule has 0 bridgehead atoms. The van der Waals surface area contributed by atoms with Crippen molar-refractivity contribution >= 4 is 63.1 Å². The second-order valence-electron chi connectivity index (χ2n) is 7.65. The van der Waals surface area contributed by atoms with Crippen molar-refractivity contribution in [2.75, 3.05) is 29.3 Å². The third-order valence-corrected chi connectivity index (χ3v) is 6.63. The van der Waals surface area contributed by atoms with E-state index in [2.05, 4.69) is 15.6 Å². The summed E-state index contributed by atoms with van der Waals surface area (Å²) in [7, 11) is 1.51. The van der Waals surface area contributed by atoms with Gasteiger partial charge in [0.2, 0.25) is 0 Å². The quantitative estimate of drug-likeness (QED) is 0.319. The Labute approximate surface area is 220 Å². The van der Waals surface area contributed by atoms with E-state index < -0.39 is 23.7 Å². The molecule has 1 aliphatic heterocycles. The van der Waals surface area contributed by atoms with Crippen molar-refractivity contribution in [3.05, 3.63) is 75.4 Å². The average molecular weight is 541 g/mol. The fraction of sp³-hybridized carbons (Fsp3) is 0.160. The summed E-state index contributed by atoms with van der Waals surface area (Å²) in [4.78, 5) is 56.0. The van der Waals surface area contributed by atoms with Crippen molar-refractivity contribution in [2.24, 2.45) is 0 Å². The molecule has 190 valence electrons. The first-order valence-electron chi connectivity index (χ1n) is 11.0. The first-order chi connectivity index (χ1) is 17.7. The van der Waals surface area contributed by atoms with Gasteiger partial charge in [0.15, 0.2) is 5.13 Å². The number of esters is 1. The zero-order chi connectivity index (χ0) is 26.7. The van der Waals surface area contributed by atoms with E-state index in [0.717, 1.165) is 16.2 Å². The molecule has 0 aliphatic carbocycles. The maximum atomic E-state index is 13.0. The van der Waals surface area contributed by atoms with Crippen LogP contribution in [0.1, 0.15) is 32.6 Å². The topological polar surface area (TPSA) is 127 Å². The molecule has 3 aromatic rings. The number of rotatable bonds is 8. The molecule has 0 spiro atoms. The van der Waals surface area contributed by atoms with E-state index in [-0.39, 0.29) is 28.0 Å². The lowest BCUT2D eigenvalue weighted by Crippen LogP contribution is -2.32. The normalized spacial score (nSPS) is 13.1. The van der Waals surface area contributed by atoms with Crippen LogP contribution in [0.3, 0.4) is 0 Å². The third-order valence-electron chi connectivity index (χ3n) is 5.23. The molecule has 2 N–H and O–H groups in total. The van der Waals surface area contributed by atoms with Crippen molar-refractivity contribution < 1.29 is 28.7 Å². The summed E-state index contributed by atoms with van der Waals surface area (Å²) in [6.07, 6.45) is 0. The van der Waals surface area contributed by atoms with Gasteiger partial charge in [-0.2, -0.15) is 0 Å². The molecule has 12 heteroatoms. The van der Waals surface area contributed by atoms with Crippen LogP contribution in [0.4, 0.5) is 16.5 Å². The van der Waals surface area contributed by atoms with Crippen molar-refractivity contribution in [3.63, 3.8) is 0 Å². The van der Waals surface area contributed by atoms with E-state index in [0.29, 0.717) is 27.7 Å². The van der Waals surface area contributed by atoms with Gasteiger partial charge in [-0.05, 0) is 56.3 Å². The molecule has 1 aliphatic rings. The Kier molecular flexibility index (Phi) is 7.55. The maximum Gasteiger partial charge on any atom is 0.350 e. The first-order valence-corrected chi connectivity index (χ1v) is 12.2. The number of hydrogen-bond donors (Lipinski definition) is 2. The second-order valence-corrected chi connectivity index (χ2v) is 9.02. The number of nitrogens with zero attached hydrogens (tertiary/aromatic N) is 2. The molecule has 0 atom stereocenters. The summed E-state index contributed by atoms with van der Waals surface area (Å²) < 4.78 is 10.1. The minimum absolute atomic E-state index is 0.116. The van der Waals surface area contributed by atoms with E-state index >= 15 is 0 Å². The average Bonchev–Trinajstić information content (AvgIpc) is 3.36. The van der Waals surface area contributed by atoms with E-state index in [9.17, 15) is 19.2 Å². The lowest BCUT2D eigenvalue weighted by atomic mass is 10.2. The van der Waals surface area contributed by atoms with Gasteiger partial charge in [0.05, 0.1) is 25.1 Å². The van der Waals surface area contributed by atoms with E-state index in [1.165, 1.54) is 13.2 Å². The van der Waals surface area contributed by atoms with E-state index in [1.54, 1.807) is 56.3 Å². The maximum absolute atomic E-state index is 13.0. The van der Waals surface area contributed by atoms with Crippen LogP contribution in [0.25, 0.3) is 0 Å². The Hall–Kier alpha value is -4.22. The lowest BCUT2D eigenvalue weighted by Gasteiger charge is -2.15. The fourth-order valence-electron chi connectivity index (χ4n) is 3.46. The van der Waals surface area contributed by atoms with Crippen LogP contribution in [0.15, 0.2) is 59.3 Å². The van der Waals surface area contributed by atoms with Gasteiger partial charge in [-0.3, -0.25) is 19.7 Å². The molecule has 0 fully saturated rings. The smallest absolute Gasteiger partial charge is 0.350 e. The molecule has 0 unspecified atom stereocenters. The number of anilines is 3. The number of aryl methyl sites for hydroxylation is 1. The van der Waals surface area contributed by atoms with Crippen LogP contribution in [-0.4, -0.2) is 42.4 Å². The summed E-state index contributed by atoms with van der Waals surface area (Å²) in [6.45, 7) is 3.58. The summed E-state index contributed by atoms with van der Waals surface area (Å²) in [6, 6.07) is 12.7. The monoisotopic (exact) mass is 540 g/mol. The number of hydrogen-bond acceptors (Lipinski definition) is 9. The Morgan fingerprint density at radius 3 is 2.51 bits per heavy atom. The van der Waals surface area contributed by atoms with Gasteiger partial charge in [0, 0.05) is 11.3 Å². The van der Waals surface area contributed by atoms with Gasteiger partial charge in [-0.25, -0.2) is 14.7 Å². The fourth-order valence-corrected chi connectivity index (χ4v) is 4.53. The lowest BCUT2D eigenvalue weighted by molar-refractivity contribution is -0.120. The van der Waals surface area contributed by atoms with Gasteiger partial charge < -0.3 is 14.8 Å². The Bertz CT molecular complexity index is 1430. The van der Waals surface area contributed by atoms with Crippen LogP contribution in [-0.2, 0) is 14.3 Å². The highest BCUT2D eigenvalue weighted by Gasteiger charge is 2.39. The molecule has 2 heterocycles. The van der Waals surface area contributed by atoms with Gasteiger partial charge in [-0.15, -0.1) is 0 Å². The Morgan fingerprint density at radius 1 is 1.11 bits per heavy atom. The summed E-state index contributed by atoms with van der Waals surface area (Å²) >= 11 is 7.22. The predicted molar refractivity (Wildman–Crippen MR) is 139 cm³/mol. The van der Waals surface area contributed by atoms with Gasteiger partial charge in [0.25, 0.3) is 17.7 Å². The number of thiazole rings is 1. The minimum atomic E-state index is -0.676. The van der Waals surface area contributed by atoms with E-state index in [1.807, 2.05) is 0 Å². The van der Waals surface area contributed by atoms with Crippen LogP contribution < -0.4 is 20.3 Å². The molecule has 10 nitrogen and oxygen atoms in total. The van der Waals surface area contributed by atoms with Gasteiger partial charge in [0.1, 0.15) is 21.4 Å². The predicted octanol–water partition coefficient (Wildman–Crippen LogP) is 4.32. The molecule has 0 saturated heterocycles. The van der Waals surface area contributed by atoms with Gasteiger partial charge >= 0.3 is 5.97 Å². The number of halogens is 1. The largest absolute Gasteiger partial charge is 0.497 e. The van der Waals surface area contributed by atoms with Crippen molar-refractivity contribution in [1.29, 1.82) is 0 Å². The molecular weight excluding hydrogens is 520 g/mol. The standard InChI is InChI=1S/C25H21ClN4O6S/c1-4-36-24(34)20-13(2)27-25(37-20)29-21(31)14-6-5-7-15(12-14)28-19-18(26)22(32)30(23(19)33)16-8-10-17(35-3)11-9-16/h5-12,28H,4H2,1-3H3,(H,27,29,31). The molecule has 0 radical (unpaired) electrons. The highest BCUT2D eigenvalue weighted by Crippen LogP contribution is 2.31. The molecule has 0 saturated carbocycles. The van der Waals surface area contributed by atoms with Crippen molar-refractivity contribution in [3.8, 4) is 5.75 Å². The number of methoxy groups -OCH3 is 1. The molecule has 2 aromatic carbocycles. The number of benzene rings is 2. The number of nitrogens with one attached hydrogen (secondary N) is 2. The van der Waals surface area contributed by atoms with Crippen LogP contribution in [0.5, 0.6) is 5.75 Å². The molecular formula is C25H21ClN4O6S. The summed E-state index contributed by atoms with van der Waals surface area (Å²) in [5, 5.41) is 5.47. The summed E-state index contributed by atoms with van der Waals surface area (Å²) in [5.41, 5.74) is 1.27. The third kappa shape index (κ3) is 5.32. The zero-order valence-electron chi connectivity index (χ0n) is 20.0. The number of amides is 3. The van der Waals surface area contributed by atoms with Crippen LogP contribution >= 0.6 is 22.9 Å². The van der Waals surface area contributed by atoms with Crippen LogP contribution in [0.2, 0.25) is 0 Å². The first kappa shape index (κ1) is 25.9. The molecule has 4 rings (SSSR count). The number of aromatic nitrogens is 1. The van der Waals surface area contributed by atoms with E-state index in [4.69, 9.17) is 21.1 Å². The molecule has 1 aromatic heterocycles. The SMILES string of the molecule is CCOC(=O)c1sc(NC(=O)c2cccc(NC3=C(Cl)C(=O)N(c4ccc(OC)cc4)C3=O)c2)nc1C. The van der Waals surface area contributed by atoms with Crippen molar-refractivity contribution in [1.82, 2.24) is 4.98 Å². The van der Waals surface area contributed by atoms with Crippen molar-refractivity contribution in [2.45, 2.75) is 13.8 Å². The van der Waals surface area contributed by atoms with Gasteiger partial charge in [-0.1, -0.05) is 29.0 Å². The number of imide groups is 1.